The molecule has 6 heteroatoms. The molecule has 1 amide bonds. The van der Waals surface area contributed by atoms with Crippen LogP contribution in [0.1, 0.15) is 21.5 Å². The van der Waals surface area contributed by atoms with Gasteiger partial charge in [0.25, 0.3) is 5.91 Å². The molecule has 2 rings (SSSR count). The summed E-state index contributed by atoms with van der Waals surface area (Å²) in [4.78, 5) is 22.8. The number of carbonyl (C=O) groups excluding carboxylic acids is 1. The Morgan fingerprint density at radius 3 is 2.35 bits per heavy atom. The van der Waals surface area contributed by atoms with Crippen molar-refractivity contribution in [1.29, 1.82) is 0 Å². The minimum Gasteiger partial charge on any atom is -0.478 e. The fourth-order valence-electron chi connectivity index (χ4n) is 2.24. The maximum Gasteiger partial charge on any atom is 0.335 e. The summed E-state index contributed by atoms with van der Waals surface area (Å²) in [6, 6.07) is 15.3. The van der Waals surface area contributed by atoms with Crippen LogP contribution in [-0.2, 0) is 17.8 Å². The topological polar surface area (TPSA) is 98.7 Å². The molecule has 0 fully saturated rings. The summed E-state index contributed by atoms with van der Waals surface area (Å²) in [5.41, 5.74) is 3.54. The first-order valence-corrected chi connectivity index (χ1v) is 7.13. The molecule has 1 atom stereocenters. The number of hydroxylamine groups is 1. The van der Waals surface area contributed by atoms with Gasteiger partial charge in [-0.2, -0.15) is 0 Å². The Kier molecular flexibility index (Phi) is 5.85. The van der Waals surface area contributed by atoms with Gasteiger partial charge >= 0.3 is 5.97 Å². The maximum atomic E-state index is 11.8. The van der Waals surface area contributed by atoms with Crippen LogP contribution in [0.3, 0.4) is 0 Å². The highest BCUT2D eigenvalue weighted by Crippen LogP contribution is 2.08. The summed E-state index contributed by atoms with van der Waals surface area (Å²) in [6.45, 7) is 0.312. The number of carbonyl (C=O) groups is 2. The van der Waals surface area contributed by atoms with E-state index in [0.29, 0.717) is 13.0 Å². The Morgan fingerprint density at radius 2 is 1.70 bits per heavy atom. The van der Waals surface area contributed by atoms with Crippen LogP contribution in [0.5, 0.6) is 0 Å². The summed E-state index contributed by atoms with van der Waals surface area (Å²) >= 11 is 0. The lowest BCUT2D eigenvalue weighted by atomic mass is 10.0. The molecule has 0 spiro atoms. The minimum atomic E-state index is -0.999. The van der Waals surface area contributed by atoms with Gasteiger partial charge in [0.1, 0.15) is 0 Å². The monoisotopic (exact) mass is 314 g/mol. The molecule has 23 heavy (non-hydrogen) atoms. The highest BCUT2D eigenvalue weighted by Gasteiger charge is 2.18. The molecule has 0 saturated heterocycles. The lowest BCUT2D eigenvalue weighted by molar-refractivity contribution is -0.131. The Hall–Kier alpha value is -2.70. The van der Waals surface area contributed by atoms with Crippen molar-refractivity contribution in [1.82, 2.24) is 10.8 Å². The van der Waals surface area contributed by atoms with Gasteiger partial charge in [0.2, 0.25) is 0 Å². The number of hydrogen-bond acceptors (Lipinski definition) is 4. The number of rotatable bonds is 7. The van der Waals surface area contributed by atoms with Crippen LogP contribution in [0.15, 0.2) is 54.6 Å². The minimum absolute atomic E-state index is 0.190. The molecule has 2 aromatic carbocycles. The Balaban J connectivity index is 2.05. The van der Waals surface area contributed by atoms with E-state index in [4.69, 9.17) is 10.3 Å². The van der Waals surface area contributed by atoms with Crippen molar-refractivity contribution in [2.45, 2.75) is 19.0 Å². The average molecular weight is 314 g/mol. The van der Waals surface area contributed by atoms with E-state index in [9.17, 15) is 9.59 Å². The Labute approximate surface area is 133 Å². The third-order valence-corrected chi connectivity index (χ3v) is 3.44. The van der Waals surface area contributed by atoms with Gasteiger partial charge in [-0.1, -0.05) is 42.5 Å². The van der Waals surface area contributed by atoms with Crippen molar-refractivity contribution in [3.05, 3.63) is 71.3 Å². The molecule has 4 N–H and O–H groups in total. The molecule has 0 unspecified atom stereocenters. The fraction of sp³-hybridized carbons (Fsp3) is 0.176. The number of aromatic carboxylic acids is 1. The molecule has 0 aromatic heterocycles. The highest BCUT2D eigenvalue weighted by atomic mass is 16.5. The van der Waals surface area contributed by atoms with Crippen molar-refractivity contribution in [2.75, 3.05) is 0 Å². The van der Waals surface area contributed by atoms with Gasteiger partial charge in [-0.25, -0.2) is 10.3 Å². The molecule has 0 bridgehead atoms. The van der Waals surface area contributed by atoms with E-state index in [1.54, 1.807) is 23.7 Å². The number of hydrogen-bond donors (Lipinski definition) is 4. The van der Waals surface area contributed by atoms with E-state index < -0.39 is 17.9 Å². The zero-order chi connectivity index (χ0) is 16.7. The van der Waals surface area contributed by atoms with E-state index in [-0.39, 0.29) is 5.56 Å². The first-order chi connectivity index (χ1) is 11.1. The molecular formula is C17H18N2O4. The first-order valence-electron chi connectivity index (χ1n) is 7.13. The standard InChI is InChI=1S/C17H18N2O4/c20-16(19-23)15(10-12-5-2-1-3-6-12)18-11-13-7-4-8-14(9-13)17(21)22/h1-9,15,18,23H,10-11H2,(H,19,20)(H,21,22)/t15-/m0/s1. The third-order valence-electron chi connectivity index (χ3n) is 3.44. The van der Waals surface area contributed by atoms with E-state index in [1.807, 2.05) is 30.3 Å². The SMILES string of the molecule is O=C(O)c1cccc(CN[C@@H](Cc2ccccc2)C(=O)NO)c1. The lowest BCUT2D eigenvalue weighted by Crippen LogP contribution is -2.44. The lowest BCUT2D eigenvalue weighted by Gasteiger charge is -2.17. The quantitative estimate of drug-likeness (QED) is 0.459. The fourth-order valence-corrected chi connectivity index (χ4v) is 2.24. The Bertz CT molecular complexity index is 673. The summed E-state index contributed by atoms with van der Waals surface area (Å²) < 4.78 is 0. The summed E-state index contributed by atoms with van der Waals surface area (Å²) in [7, 11) is 0. The molecule has 0 aliphatic rings. The zero-order valence-electron chi connectivity index (χ0n) is 12.4. The summed E-state index contributed by atoms with van der Waals surface area (Å²) in [6.07, 6.45) is 0.409. The number of carboxylic acids is 1. The first kappa shape index (κ1) is 16.7. The molecule has 0 saturated carbocycles. The average Bonchev–Trinajstić information content (AvgIpc) is 2.59. The number of benzene rings is 2. The van der Waals surface area contributed by atoms with Crippen LogP contribution in [0.4, 0.5) is 0 Å². The molecule has 0 heterocycles. The van der Waals surface area contributed by atoms with Gasteiger partial charge in [0.15, 0.2) is 0 Å². The van der Waals surface area contributed by atoms with Gasteiger partial charge in [-0.15, -0.1) is 0 Å². The van der Waals surface area contributed by atoms with E-state index in [2.05, 4.69) is 5.32 Å². The van der Waals surface area contributed by atoms with Gasteiger partial charge < -0.3 is 10.4 Å². The van der Waals surface area contributed by atoms with Crippen LogP contribution in [-0.4, -0.2) is 28.2 Å². The van der Waals surface area contributed by atoms with Gasteiger partial charge in [0, 0.05) is 6.54 Å². The van der Waals surface area contributed by atoms with Crippen LogP contribution in [0.25, 0.3) is 0 Å². The molecule has 6 nitrogen and oxygen atoms in total. The predicted octanol–water partition coefficient (Wildman–Crippen LogP) is 1.59. The normalized spacial score (nSPS) is 11.7. The molecule has 0 aliphatic carbocycles. The Morgan fingerprint density at radius 1 is 1.00 bits per heavy atom. The number of carboxylic acid groups (broad SMARTS) is 1. The molecular weight excluding hydrogens is 296 g/mol. The third kappa shape index (κ3) is 4.91. The molecule has 0 aliphatic heterocycles. The maximum absolute atomic E-state index is 11.8. The molecule has 120 valence electrons. The smallest absolute Gasteiger partial charge is 0.335 e. The van der Waals surface area contributed by atoms with Crippen molar-refractivity contribution in [2.24, 2.45) is 0 Å². The van der Waals surface area contributed by atoms with Gasteiger partial charge in [0.05, 0.1) is 11.6 Å². The predicted molar refractivity (Wildman–Crippen MR) is 84.1 cm³/mol. The number of nitrogens with one attached hydrogen (secondary N) is 2. The van der Waals surface area contributed by atoms with Gasteiger partial charge in [-0.05, 0) is 29.7 Å². The second-order valence-electron chi connectivity index (χ2n) is 5.10. The molecule has 2 aromatic rings. The van der Waals surface area contributed by atoms with Crippen LogP contribution < -0.4 is 10.8 Å². The number of amides is 1. The van der Waals surface area contributed by atoms with Crippen molar-refractivity contribution < 1.29 is 19.9 Å². The van der Waals surface area contributed by atoms with Crippen LogP contribution in [0, 0.1) is 0 Å². The van der Waals surface area contributed by atoms with Crippen molar-refractivity contribution >= 4 is 11.9 Å². The van der Waals surface area contributed by atoms with Gasteiger partial charge in [-0.3, -0.25) is 10.0 Å². The summed E-state index contributed by atoms with van der Waals surface area (Å²) in [5, 5.41) is 20.9. The van der Waals surface area contributed by atoms with E-state index in [0.717, 1.165) is 11.1 Å². The zero-order valence-corrected chi connectivity index (χ0v) is 12.4. The van der Waals surface area contributed by atoms with Crippen molar-refractivity contribution in [3.8, 4) is 0 Å². The highest BCUT2D eigenvalue weighted by molar-refractivity contribution is 5.87. The summed E-state index contributed by atoms with van der Waals surface area (Å²) in [5.74, 6) is -1.54. The molecule has 0 radical (unpaired) electrons. The van der Waals surface area contributed by atoms with Crippen LogP contribution >= 0.6 is 0 Å². The second-order valence-corrected chi connectivity index (χ2v) is 5.10. The van der Waals surface area contributed by atoms with E-state index in [1.165, 1.54) is 6.07 Å². The largest absolute Gasteiger partial charge is 0.478 e. The van der Waals surface area contributed by atoms with Crippen LogP contribution in [0.2, 0.25) is 0 Å². The van der Waals surface area contributed by atoms with E-state index >= 15 is 0 Å². The van der Waals surface area contributed by atoms with Crippen molar-refractivity contribution in [3.63, 3.8) is 0 Å². The second kappa shape index (κ2) is 8.07.